The van der Waals surface area contributed by atoms with Crippen LogP contribution in [0.1, 0.15) is 36.2 Å². The van der Waals surface area contributed by atoms with Gasteiger partial charge in [-0.05, 0) is 37.5 Å². The van der Waals surface area contributed by atoms with Crippen molar-refractivity contribution in [3.63, 3.8) is 0 Å². The Kier molecular flexibility index (Phi) is 4.96. The van der Waals surface area contributed by atoms with E-state index in [1.807, 2.05) is 6.20 Å². The fourth-order valence-corrected chi connectivity index (χ4v) is 3.66. The second kappa shape index (κ2) is 6.99. The van der Waals surface area contributed by atoms with Gasteiger partial charge < -0.3 is 10.6 Å². The first-order valence-corrected chi connectivity index (χ1v) is 8.43. The zero-order valence-corrected chi connectivity index (χ0v) is 14.5. The predicted molar refractivity (Wildman–Crippen MR) is 90.9 cm³/mol. The summed E-state index contributed by atoms with van der Waals surface area (Å²) in [5.41, 5.74) is 2.61. The fourth-order valence-electron chi connectivity index (χ4n) is 2.97. The van der Waals surface area contributed by atoms with Crippen LogP contribution in [-0.2, 0) is 12.8 Å². The highest BCUT2D eigenvalue weighted by Crippen LogP contribution is 2.32. The minimum absolute atomic E-state index is 0.0172. The summed E-state index contributed by atoms with van der Waals surface area (Å²) in [6, 6.07) is 1.78. The van der Waals surface area contributed by atoms with E-state index in [9.17, 15) is 9.18 Å². The summed E-state index contributed by atoms with van der Waals surface area (Å²) in [7, 11) is 0. The maximum atomic E-state index is 13.6. The van der Waals surface area contributed by atoms with Crippen LogP contribution in [0.5, 0.6) is 0 Å². The Hall–Kier alpha value is -1.79. The Bertz CT molecular complexity index is 765. The van der Waals surface area contributed by atoms with E-state index in [0.29, 0.717) is 17.0 Å². The fraction of sp³-hybridized carbons (Fsp3) is 0.375. The Labute approximate surface area is 148 Å². The summed E-state index contributed by atoms with van der Waals surface area (Å²) >= 11 is 12.1. The van der Waals surface area contributed by atoms with Gasteiger partial charge in [0.25, 0.3) is 0 Å². The SMILES string of the molecule is CC(NC(=O)NC1CCc2cn[nH]c2C1)c1c(Cl)ccc(F)c1Cl. The number of fused-ring (bicyclic) bond motifs is 1. The Morgan fingerprint density at radius 3 is 3.04 bits per heavy atom. The lowest BCUT2D eigenvalue weighted by Gasteiger charge is -2.24. The molecule has 3 N–H and O–H groups in total. The summed E-state index contributed by atoms with van der Waals surface area (Å²) in [6.07, 6.45) is 4.24. The van der Waals surface area contributed by atoms with Gasteiger partial charge in [-0.2, -0.15) is 5.10 Å². The van der Waals surface area contributed by atoms with Crippen molar-refractivity contribution in [3.8, 4) is 0 Å². The van der Waals surface area contributed by atoms with E-state index in [0.717, 1.165) is 18.5 Å². The van der Waals surface area contributed by atoms with E-state index in [-0.39, 0.29) is 17.1 Å². The molecule has 24 heavy (non-hydrogen) atoms. The Balaban J connectivity index is 1.62. The molecule has 2 aromatic rings. The summed E-state index contributed by atoms with van der Waals surface area (Å²) in [5.74, 6) is -0.566. The van der Waals surface area contributed by atoms with Crippen LogP contribution in [-0.4, -0.2) is 22.3 Å². The van der Waals surface area contributed by atoms with Crippen LogP contribution < -0.4 is 10.6 Å². The number of H-pyrrole nitrogens is 1. The smallest absolute Gasteiger partial charge is 0.315 e. The molecule has 2 unspecified atom stereocenters. The molecule has 2 amide bonds. The maximum Gasteiger partial charge on any atom is 0.315 e. The molecule has 0 spiro atoms. The summed E-state index contributed by atoms with van der Waals surface area (Å²) in [4.78, 5) is 12.2. The number of hydrogen-bond donors (Lipinski definition) is 3. The van der Waals surface area contributed by atoms with E-state index in [1.54, 1.807) is 6.92 Å². The number of rotatable bonds is 3. The second-order valence-corrected chi connectivity index (χ2v) is 6.70. The second-order valence-electron chi connectivity index (χ2n) is 5.91. The van der Waals surface area contributed by atoms with E-state index in [2.05, 4.69) is 20.8 Å². The third-order valence-corrected chi connectivity index (χ3v) is 4.93. The number of aryl methyl sites for hydroxylation is 1. The highest BCUT2D eigenvalue weighted by molar-refractivity contribution is 6.36. The van der Waals surface area contributed by atoms with E-state index in [1.165, 1.54) is 17.7 Å². The third kappa shape index (κ3) is 3.49. The third-order valence-electron chi connectivity index (χ3n) is 4.22. The molecule has 1 aromatic heterocycles. The van der Waals surface area contributed by atoms with Gasteiger partial charge in [0, 0.05) is 28.7 Å². The number of nitrogens with one attached hydrogen (secondary N) is 3. The standard InChI is InChI=1S/C16H17Cl2FN4O/c1-8(14-11(17)4-5-12(19)15(14)18)21-16(24)22-10-3-2-9-7-20-23-13(9)6-10/h4-5,7-8,10H,2-3,6H2,1H3,(H,20,23)(H2,21,22,24). The van der Waals surface area contributed by atoms with Crippen molar-refractivity contribution in [1.29, 1.82) is 0 Å². The first-order valence-electron chi connectivity index (χ1n) is 7.67. The molecular weight excluding hydrogens is 354 g/mol. The van der Waals surface area contributed by atoms with Gasteiger partial charge >= 0.3 is 6.03 Å². The number of carbonyl (C=O) groups is 1. The topological polar surface area (TPSA) is 69.8 Å². The van der Waals surface area contributed by atoms with E-state index in [4.69, 9.17) is 23.2 Å². The lowest BCUT2D eigenvalue weighted by atomic mass is 9.94. The lowest BCUT2D eigenvalue weighted by molar-refractivity contribution is 0.232. The molecule has 128 valence electrons. The molecule has 0 saturated heterocycles. The van der Waals surface area contributed by atoms with Crippen molar-refractivity contribution in [1.82, 2.24) is 20.8 Å². The average molecular weight is 371 g/mol. The molecule has 0 radical (unpaired) electrons. The van der Waals surface area contributed by atoms with Crippen molar-refractivity contribution in [2.75, 3.05) is 0 Å². The Morgan fingerprint density at radius 1 is 1.46 bits per heavy atom. The largest absolute Gasteiger partial charge is 0.335 e. The molecule has 0 fully saturated rings. The minimum Gasteiger partial charge on any atom is -0.335 e. The monoisotopic (exact) mass is 370 g/mol. The predicted octanol–water partition coefficient (Wildman–Crippen LogP) is 3.77. The van der Waals surface area contributed by atoms with Crippen LogP contribution in [0.15, 0.2) is 18.3 Å². The molecule has 2 atom stereocenters. The maximum absolute atomic E-state index is 13.6. The number of carbonyl (C=O) groups excluding carboxylic acids is 1. The molecule has 1 aromatic carbocycles. The first kappa shape index (κ1) is 17.0. The number of halogens is 3. The van der Waals surface area contributed by atoms with Gasteiger partial charge in [0.2, 0.25) is 0 Å². The molecule has 0 aliphatic heterocycles. The van der Waals surface area contributed by atoms with E-state index >= 15 is 0 Å². The van der Waals surface area contributed by atoms with E-state index < -0.39 is 11.9 Å². The van der Waals surface area contributed by atoms with Gasteiger partial charge in [0.1, 0.15) is 5.82 Å². The van der Waals surface area contributed by atoms with Crippen LogP contribution in [0, 0.1) is 5.82 Å². The number of hydrogen-bond acceptors (Lipinski definition) is 2. The van der Waals surface area contributed by atoms with Crippen molar-refractivity contribution >= 4 is 29.2 Å². The quantitative estimate of drug-likeness (QED) is 0.719. The van der Waals surface area contributed by atoms with Gasteiger partial charge in [0.15, 0.2) is 0 Å². The summed E-state index contributed by atoms with van der Waals surface area (Å²) in [5, 5.41) is 12.9. The van der Waals surface area contributed by atoms with Gasteiger partial charge in [-0.3, -0.25) is 5.10 Å². The summed E-state index contributed by atoms with van der Waals surface area (Å²) < 4.78 is 13.6. The van der Waals surface area contributed by atoms with Crippen LogP contribution >= 0.6 is 23.2 Å². The number of urea groups is 1. The number of nitrogens with zero attached hydrogens (tertiary/aromatic N) is 1. The van der Waals surface area contributed by atoms with Crippen molar-refractivity contribution in [2.45, 2.75) is 38.3 Å². The molecule has 1 heterocycles. The molecule has 0 saturated carbocycles. The highest BCUT2D eigenvalue weighted by atomic mass is 35.5. The zero-order chi connectivity index (χ0) is 17.3. The van der Waals surface area contributed by atoms with Crippen LogP contribution in [0.25, 0.3) is 0 Å². The van der Waals surface area contributed by atoms with Crippen molar-refractivity contribution < 1.29 is 9.18 Å². The average Bonchev–Trinajstić information content (AvgIpc) is 2.99. The molecule has 0 bridgehead atoms. The molecule has 5 nitrogen and oxygen atoms in total. The van der Waals surface area contributed by atoms with Gasteiger partial charge in [0.05, 0.1) is 17.3 Å². The summed E-state index contributed by atoms with van der Waals surface area (Å²) in [6.45, 7) is 1.71. The Morgan fingerprint density at radius 2 is 2.25 bits per heavy atom. The van der Waals surface area contributed by atoms with Crippen molar-refractivity contribution in [3.05, 3.63) is 51.0 Å². The van der Waals surface area contributed by atoms with Crippen LogP contribution in [0.2, 0.25) is 10.0 Å². The lowest BCUT2D eigenvalue weighted by Crippen LogP contribution is -2.45. The van der Waals surface area contributed by atoms with Gasteiger partial charge in [-0.25, -0.2) is 9.18 Å². The highest BCUT2D eigenvalue weighted by Gasteiger charge is 2.23. The minimum atomic E-state index is -0.566. The van der Waals surface area contributed by atoms with Crippen molar-refractivity contribution in [2.24, 2.45) is 0 Å². The van der Waals surface area contributed by atoms with Gasteiger partial charge in [-0.1, -0.05) is 23.2 Å². The number of amides is 2. The molecule has 1 aliphatic rings. The molecular formula is C16H17Cl2FN4O. The molecule has 8 heteroatoms. The number of aromatic nitrogens is 2. The number of aromatic amines is 1. The molecule has 3 rings (SSSR count). The first-order chi connectivity index (χ1) is 11.5. The zero-order valence-electron chi connectivity index (χ0n) is 13.0. The normalized spacial score (nSPS) is 17.9. The van der Waals surface area contributed by atoms with Crippen LogP contribution in [0.3, 0.4) is 0 Å². The van der Waals surface area contributed by atoms with Crippen LogP contribution in [0.4, 0.5) is 9.18 Å². The number of benzene rings is 1. The van der Waals surface area contributed by atoms with Gasteiger partial charge in [-0.15, -0.1) is 0 Å². The molecule has 1 aliphatic carbocycles.